The van der Waals surface area contributed by atoms with Gasteiger partial charge < -0.3 is 10.2 Å². The number of carbonyl (C=O) groups is 1. The largest absolute Gasteiger partial charge is 0.341 e. The van der Waals surface area contributed by atoms with E-state index in [0.29, 0.717) is 5.41 Å². The second kappa shape index (κ2) is 4.97. The Bertz CT molecular complexity index is 226. The van der Waals surface area contributed by atoms with E-state index in [4.69, 9.17) is 0 Å². The molecule has 0 saturated carbocycles. The summed E-state index contributed by atoms with van der Waals surface area (Å²) in [4.78, 5) is 14.0. The van der Waals surface area contributed by atoms with Crippen LogP contribution in [0.2, 0.25) is 0 Å². The van der Waals surface area contributed by atoms with Crippen molar-refractivity contribution in [1.29, 1.82) is 0 Å². The van der Waals surface area contributed by atoms with Gasteiger partial charge in [0.1, 0.15) is 0 Å². The highest BCUT2D eigenvalue weighted by Gasteiger charge is 2.26. The van der Waals surface area contributed by atoms with Crippen LogP contribution in [-0.4, -0.2) is 37.0 Å². The molecule has 1 atom stereocenters. The van der Waals surface area contributed by atoms with Gasteiger partial charge in [0.25, 0.3) is 0 Å². The molecule has 1 amide bonds. The summed E-state index contributed by atoms with van der Waals surface area (Å²) in [7, 11) is 1.84. The molecule has 1 rings (SSSR count). The van der Waals surface area contributed by atoms with Gasteiger partial charge in [0, 0.05) is 13.1 Å². The molecule has 88 valence electrons. The minimum Gasteiger partial charge on any atom is -0.341 e. The molecule has 1 aliphatic heterocycles. The lowest BCUT2D eigenvalue weighted by atomic mass is 9.85. The summed E-state index contributed by atoms with van der Waals surface area (Å²) >= 11 is 0. The zero-order chi connectivity index (χ0) is 11.5. The monoisotopic (exact) mass is 212 g/mol. The number of hydrogen-bond donors (Lipinski definition) is 1. The van der Waals surface area contributed by atoms with E-state index >= 15 is 0 Å². The van der Waals surface area contributed by atoms with Crippen molar-refractivity contribution in [2.45, 2.75) is 46.1 Å². The Morgan fingerprint density at radius 2 is 2.00 bits per heavy atom. The highest BCUT2D eigenvalue weighted by molar-refractivity contribution is 5.81. The Hall–Kier alpha value is -0.570. The maximum absolute atomic E-state index is 12.0. The number of nitrogens with one attached hydrogen (secondary N) is 1. The zero-order valence-electron chi connectivity index (χ0n) is 10.5. The Kier molecular flexibility index (Phi) is 4.14. The van der Waals surface area contributed by atoms with Crippen molar-refractivity contribution < 1.29 is 4.79 Å². The molecule has 3 nitrogen and oxygen atoms in total. The van der Waals surface area contributed by atoms with Crippen LogP contribution in [0.3, 0.4) is 0 Å². The van der Waals surface area contributed by atoms with Gasteiger partial charge >= 0.3 is 0 Å². The average Bonchev–Trinajstić information content (AvgIpc) is 2.37. The second-order valence-electron chi connectivity index (χ2n) is 5.35. The smallest absolute Gasteiger partial charge is 0.239 e. The molecule has 1 heterocycles. The van der Waals surface area contributed by atoms with Crippen molar-refractivity contribution in [3.8, 4) is 0 Å². The molecule has 1 unspecified atom stereocenters. The predicted molar refractivity (Wildman–Crippen MR) is 62.7 cm³/mol. The van der Waals surface area contributed by atoms with Crippen LogP contribution < -0.4 is 5.32 Å². The molecule has 3 heteroatoms. The molecule has 15 heavy (non-hydrogen) atoms. The van der Waals surface area contributed by atoms with Crippen LogP contribution in [0, 0.1) is 5.41 Å². The first-order valence-electron chi connectivity index (χ1n) is 5.92. The van der Waals surface area contributed by atoms with E-state index < -0.39 is 0 Å². The van der Waals surface area contributed by atoms with Gasteiger partial charge in [0.15, 0.2) is 0 Å². The summed E-state index contributed by atoms with van der Waals surface area (Å²) in [6.07, 6.45) is 3.48. The van der Waals surface area contributed by atoms with Gasteiger partial charge in [0.2, 0.25) is 5.91 Å². The van der Waals surface area contributed by atoms with E-state index in [9.17, 15) is 4.79 Å². The molecular weight excluding hydrogens is 188 g/mol. The van der Waals surface area contributed by atoms with Crippen LogP contribution in [-0.2, 0) is 4.79 Å². The summed E-state index contributed by atoms with van der Waals surface area (Å²) in [5, 5.41) is 3.01. The van der Waals surface area contributed by atoms with Crippen LogP contribution in [0.1, 0.15) is 40.0 Å². The van der Waals surface area contributed by atoms with Gasteiger partial charge in [-0.05, 0) is 38.6 Å². The zero-order valence-corrected chi connectivity index (χ0v) is 10.5. The van der Waals surface area contributed by atoms with E-state index in [2.05, 4.69) is 19.2 Å². The number of rotatable bonds is 2. The highest BCUT2D eigenvalue weighted by Crippen LogP contribution is 2.29. The van der Waals surface area contributed by atoms with Crippen LogP contribution in [0.5, 0.6) is 0 Å². The lowest BCUT2D eigenvalue weighted by molar-refractivity contribution is -0.132. The molecule has 0 spiro atoms. The third-order valence-electron chi connectivity index (χ3n) is 3.46. The molecule has 0 aromatic carbocycles. The fourth-order valence-electron chi connectivity index (χ4n) is 2.04. The van der Waals surface area contributed by atoms with E-state index in [0.717, 1.165) is 25.9 Å². The molecule has 0 aromatic heterocycles. The SMILES string of the molecule is CNC(C)C(=O)N1CCCC(C)(C)CC1. The first kappa shape index (κ1) is 12.5. The van der Waals surface area contributed by atoms with Crippen molar-refractivity contribution in [3.63, 3.8) is 0 Å². The lowest BCUT2D eigenvalue weighted by Gasteiger charge is -2.25. The molecule has 1 fully saturated rings. The second-order valence-corrected chi connectivity index (χ2v) is 5.35. The number of hydrogen-bond acceptors (Lipinski definition) is 2. The van der Waals surface area contributed by atoms with Gasteiger partial charge in [-0.2, -0.15) is 0 Å². The van der Waals surface area contributed by atoms with Crippen LogP contribution >= 0.6 is 0 Å². The Balaban J connectivity index is 2.54. The summed E-state index contributed by atoms with van der Waals surface area (Å²) < 4.78 is 0. The lowest BCUT2D eigenvalue weighted by Crippen LogP contribution is -2.44. The maximum atomic E-state index is 12.0. The van der Waals surface area contributed by atoms with Crippen molar-refractivity contribution in [3.05, 3.63) is 0 Å². The Morgan fingerprint density at radius 1 is 1.33 bits per heavy atom. The Morgan fingerprint density at radius 3 is 2.60 bits per heavy atom. The summed E-state index contributed by atoms with van der Waals surface area (Å²) in [6, 6.07) is -0.0498. The minimum absolute atomic E-state index is 0.0498. The van der Waals surface area contributed by atoms with Crippen molar-refractivity contribution in [2.24, 2.45) is 5.41 Å². The fraction of sp³-hybridized carbons (Fsp3) is 0.917. The molecule has 1 aliphatic rings. The highest BCUT2D eigenvalue weighted by atomic mass is 16.2. The van der Waals surface area contributed by atoms with Gasteiger partial charge in [-0.1, -0.05) is 13.8 Å². The molecule has 0 aliphatic carbocycles. The maximum Gasteiger partial charge on any atom is 0.239 e. The first-order valence-corrected chi connectivity index (χ1v) is 5.92. The van der Waals surface area contributed by atoms with E-state index in [1.807, 2.05) is 18.9 Å². The summed E-state index contributed by atoms with van der Waals surface area (Å²) in [5.74, 6) is 0.246. The molecule has 0 bridgehead atoms. The standard InChI is InChI=1S/C12H24N2O/c1-10(13-4)11(15)14-8-5-6-12(2,3)7-9-14/h10,13H,5-9H2,1-4H3. The van der Waals surface area contributed by atoms with Crippen molar-refractivity contribution in [2.75, 3.05) is 20.1 Å². The van der Waals surface area contributed by atoms with Crippen LogP contribution in [0.15, 0.2) is 0 Å². The third kappa shape index (κ3) is 3.49. The summed E-state index contributed by atoms with van der Waals surface area (Å²) in [5.41, 5.74) is 0.401. The van der Waals surface area contributed by atoms with Crippen LogP contribution in [0.25, 0.3) is 0 Å². The predicted octanol–water partition coefficient (Wildman–Crippen LogP) is 1.63. The molecular formula is C12H24N2O. The van der Waals surface area contributed by atoms with Crippen molar-refractivity contribution in [1.82, 2.24) is 10.2 Å². The molecule has 1 N–H and O–H groups in total. The number of likely N-dealkylation sites (N-methyl/N-ethyl adjacent to an activating group) is 1. The molecule has 1 saturated heterocycles. The number of amides is 1. The van der Waals surface area contributed by atoms with E-state index in [1.165, 1.54) is 6.42 Å². The van der Waals surface area contributed by atoms with E-state index in [1.54, 1.807) is 0 Å². The fourth-order valence-corrected chi connectivity index (χ4v) is 2.04. The first-order chi connectivity index (χ1) is 6.96. The normalized spacial score (nSPS) is 23.3. The number of nitrogens with zero attached hydrogens (tertiary/aromatic N) is 1. The van der Waals surface area contributed by atoms with Crippen LogP contribution in [0.4, 0.5) is 0 Å². The summed E-state index contributed by atoms with van der Waals surface area (Å²) in [6.45, 7) is 8.36. The minimum atomic E-state index is -0.0498. The number of likely N-dealkylation sites (tertiary alicyclic amines) is 1. The van der Waals surface area contributed by atoms with Crippen molar-refractivity contribution >= 4 is 5.91 Å². The van der Waals surface area contributed by atoms with Gasteiger partial charge in [-0.3, -0.25) is 4.79 Å². The van der Waals surface area contributed by atoms with Gasteiger partial charge in [0.05, 0.1) is 6.04 Å². The Labute approximate surface area is 93.2 Å². The molecule has 0 aromatic rings. The number of carbonyl (C=O) groups excluding carboxylic acids is 1. The average molecular weight is 212 g/mol. The third-order valence-corrected chi connectivity index (χ3v) is 3.46. The van der Waals surface area contributed by atoms with Gasteiger partial charge in [-0.25, -0.2) is 0 Å². The van der Waals surface area contributed by atoms with Gasteiger partial charge in [-0.15, -0.1) is 0 Å². The van der Waals surface area contributed by atoms with E-state index in [-0.39, 0.29) is 11.9 Å². The molecule has 0 radical (unpaired) electrons. The topological polar surface area (TPSA) is 32.3 Å². The quantitative estimate of drug-likeness (QED) is 0.754.